The molecule has 0 unspecified atom stereocenters. The van der Waals surface area contributed by atoms with Crippen molar-refractivity contribution in [3.63, 3.8) is 0 Å². The second kappa shape index (κ2) is 7.25. The summed E-state index contributed by atoms with van der Waals surface area (Å²) in [7, 11) is 3.02. The zero-order chi connectivity index (χ0) is 16.9. The summed E-state index contributed by atoms with van der Waals surface area (Å²) in [5, 5.41) is 0. The highest BCUT2D eigenvalue weighted by Crippen LogP contribution is 2.34. The summed E-state index contributed by atoms with van der Waals surface area (Å²) < 4.78 is 16.2. The number of rotatable bonds is 4. The molecule has 0 atom stereocenters. The van der Waals surface area contributed by atoms with Gasteiger partial charge in [0, 0.05) is 13.1 Å². The van der Waals surface area contributed by atoms with Crippen LogP contribution in [0.5, 0.6) is 11.5 Å². The van der Waals surface area contributed by atoms with Crippen LogP contribution in [0.1, 0.15) is 16.7 Å². The van der Waals surface area contributed by atoms with Crippen LogP contribution < -0.4 is 9.47 Å². The van der Waals surface area contributed by atoms with Crippen LogP contribution in [0.2, 0.25) is 0 Å². The van der Waals surface area contributed by atoms with E-state index in [0.29, 0.717) is 25.4 Å². The molecule has 0 radical (unpaired) electrons. The Labute approximate surface area is 141 Å². The third-order valence-corrected chi connectivity index (χ3v) is 4.17. The quantitative estimate of drug-likeness (QED) is 0.863. The second-order valence-electron chi connectivity index (χ2n) is 5.69. The fourth-order valence-electron chi connectivity index (χ4n) is 2.86. The van der Waals surface area contributed by atoms with Crippen molar-refractivity contribution in [2.75, 3.05) is 20.8 Å². The average molecular weight is 327 g/mol. The number of benzene rings is 2. The highest BCUT2D eigenvalue weighted by atomic mass is 16.5. The van der Waals surface area contributed by atoms with E-state index in [9.17, 15) is 4.79 Å². The molecule has 0 bridgehead atoms. The molecule has 1 amide bonds. The van der Waals surface area contributed by atoms with E-state index in [-0.39, 0.29) is 6.09 Å². The fourth-order valence-corrected chi connectivity index (χ4v) is 2.86. The first-order chi connectivity index (χ1) is 11.7. The van der Waals surface area contributed by atoms with Crippen LogP contribution in [0.15, 0.2) is 42.5 Å². The molecule has 5 heteroatoms. The van der Waals surface area contributed by atoms with E-state index in [1.54, 1.807) is 12.0 Å². The van der Waals surface area contributed by atoms with Crippen molar-refractivity contribution in [1.29, 1.82) is 0 Å². The molecule has 0 fully saturated rings. The van der Waals surface area contributed by atoms with Crippen LogP contribution in [0.3, 0.4) is 0 Å². The van der Waals surface area contributed by atoms with Crippen molar-refractivity contribution in [3.05, 3.63) is 59.2 Å². The minimum atomic E-state index is -0.302. The number of ether oxygens (including phenoxy) is 3. The van der Waals surface area contributed by atoms with Gasteiger partial charge in [-0.1, -0.05) is 30.3 Å². The van der Waals surface area contributed by atoms with E-state index < -0.39 is 0 Å². The SMILES string of the molecule is COC(=O)N1CCc2cc(OCc3ccccc3)c(OC)cc2C1. The number of carbonyl (C=O) groups is 1. The van der Waals surface area contributed by atoms with Crippen LogP contribution in [0.25, 0.3) is 0 Å². The Kier molecular flexibility index (Phi) is 4.89. The van der Waals surface area contributed by atoms with E-state index in [1.807, 2.05) is 42.5 Å². The average Bonchev–Trinajstić information content (AvgIpc) is 2.65. The van der Waals surface area contributed by atoms with Crippen LogP contribution in [-0.2, 0) is 24.3 Å². The Morgan fingerprint density at radius 3 is 2.54 bits per heavy atom. The van der Waals surface area contributed by atoms with Gasteiger partial charge >= 0.3 is 6.09 Å². The van der Waals surface area contributed by atoms with Crippen molar-refractivity contribution < 1.29 is 19.0 Å². The Balaban J connectivity index is 1.78. The number of fused-ring (bicyclic) bond motifs is 1. The summed E-state index contributed by atoms with van der Waals surface area (Å²) in [6.45, 7) is 1.66. The van der Waals surface area contributed by atoms with Crippen LogP contribution >= 0.6 is 0 Å². The Hall–Kier alpha value is -2.69. The molecule has 1 aliphatic rings. The molecular formula is C19H21NO4. The Morgan fingerprint density at radius 1 is 1.08 bits per heavy atom. The van der Waals surface area contributed by atoms with Gasteiger partial charge in [0.1, 0.15) is 6.61 Å². The number of methoxy groups -OCH3 is 2. The highest BCUT2D eigenvalue weighted by Gasteiger charge is 2.23. The van der Waals surface area contributed by atoms with Gasteiger partial charge < -0.3 is 19.1 Å². The minimum Gasteiger partial charge on any atom is -0.493 e. The first-order valence-corrected chi connectivity index (χ1v) is 7.90. The lowest BCUT2D eigenvalue weighted by molar-refractivity contribution is 0.118. The third kappa shape index (κ3) is 3.45. The first kappa shape index (κ1) is 16.2. The smallest absolute Gasteiger partial charge is 0.409 e. The van der Waals surface area contributed by atoms with Crippen molar-refractivity contribution in [3.8, 4) is 11.5 Å². The summed E-state index contributed by atoms with van der Waals surface area (Å²) in [5.41, 5.74) is 3.35. The highest BCUT2D eigenvalue weighted by molar-refractivity contribution is 5.68. The Bertz CT molecular complexity index is 715. The number of hydrogen-bond acceptors (Lipinski definition) is 4. The third-order valence-electron chi connectivity index (χ3n) is 4.17. The maximum atomic E-state index is 11.7. The van der Waals surface area contributed by atoms with Crippen molar-refractivity contribution in [1.82, 2.24) is 4.90 Å². The van der Waals surface area contributed by atoms with Crippen LogP contribution in [0, 0.1) is 0 Å². The van der Waals surface area contributed by atoms with Crippen LogP contribution in [-0.4, -0.2) is 31.8 Å². The topological polar surface area (TPSA) is 48.0 Å². The molecule has 1 heterocycles. The summed E-state index contributed by atoms with van der Waals surface area (Å²) in [6, 6.07) is 14.0. The zero-order valence-electron chi connectivity index (χ0n) is 14.0. The lowest BCUT2D eigenvalue weighted by Crippen LogP contribution is -2.35. The molecule has 0 saturated heterocycles. The number of nitrogens with zero attached hydrogens (tertiary/aromatic N) is 1. The number of hydrogen-bond donors (Lipinski definition) is 0. The first-order valence-electron chi connectivity index (χ1n) is 7.90. The van der Waals surface area contributed by atoms with Gasteiger partial charge in [-0.15, -0.1) is 0 Å². The molecule has 0 N–H and O–H groups in total. The van der Waals surface area contributed by atoms with E-state index in [0.717, 1.165) is 23.3 Å². The molecule has 1 aliphatic heterocycles. The Morgan fingerprint density at radius 2 is 1.83 bits per heavy atom. The summed E-state index contributed by atoms with van der Waals surface area (Å²) >= 11 is 0. The second-order valence-corrected chi connectivity index (χ2v) is 5.69. The van der Waals surface area contributed by atoms with E-state index in [2.05, 4.69) is 0 Å². The summed E-state index contributed by atoms with van der Waals surface area (Å²) in [5.74, 6) is 1.41. The molecule has 2 aromatic carbocycles. The van der Waals surface area contributed by atoms with Gasteiger partial charge in [0.05, 0.1) is 14.2 Å². The zero-order valence-corrected chi connectivity index (χ0v) is 14.0. The summed E-state index contributed by atoms with van der Waals surface area (Å²) in [4.78, 5) is 13.4. The maximum absolute atomic E-state index is 11.7. The van der Waals surface area contributed by atoms with Gasteiger partial charge in [0.2, 0.25) is 0 Å². The molecular weight excluding hydrogens is 306 g/mol. The predicted molar refractivity (Wildman–Crippen MR) is 90.3 cm³/mol. The number of carbonyl (C=O) groups excluding carboxylic acids is 1. The van der Waals surface area contributed by atoms with E-state index >= 15 is 0 Å². The molecule has 24 heavy (non-hydrogen) atoms. The molecule has 0 spiro atoms. The van der Waals surface area contributed by atoms with Crippen molar-refractivity contribution >= 4 is 6.09 Å². The minimum absolute atomic E-state index is 0.302. The molecule has 3 rings (SSSR count). The molecule has 126 valence electrons. The normalized spacial score (nSPS) is 13.2. The maximum Gasteiger partial charge on any atom is 0.409 e. The van der Waals surface area contributed by atoms with Gasteiger partial charge in [-0.2, -0.15) is 0 Å². The monoisotopic (exact) mass is 327 g/mol. The molecule has 2 aromatic rings. The van der Waals surface area contributed by atoms with Crippen molar-refractivity contribution in [2.45, 2.75) is 19.6 Å². The lowest BCUT2D eigenvalue weighted by atomic mass is 9.99. The van der Waals surface area contributed by atoms with Crippen molar-refractivity contribution in [2.24, 2.45) is 0 Å². The van der Waals surface area contributed by atoms with E-state index in [1.165, 1.54) is 12.7 Å². The molecule has 0 aliphatic carbocycles. The molecule has 0 saturated carbocycles. The summed E-state index contributed by atoms with van der Waals surface area (Å²) in [6.07, 6.45) is 0.472. The molecule has 5 nitrogen and oxygen atoms in total. The number of amides is 1. The predicted octanol–water partition coefficient (Wildman–Crippen LogP) is 3.40. The van der Waals surface area contributed by atoms with Gasteiger partial charge in [-0.3, -0.25) is 0 Å². The van der Waals surface area contributed by atoms with E-state index in [4.69, 9.17) is 14.2 Å². The standard InChI is InChI=1S/C19H21NO4/c1-22-17-11-16-12-20(19(21)23-2)9-8-15(16)10-18(17)24-13-14-6-4-3-5-7-14/h3-7,10-11H,8-9,12-13H2,1-2H3. The van der Waals surface area contributed by atoms with Gasteiger partial charge in [-0.25, -0.2) is 4.79 Å². The van der Waals surface area contributed by atoms with Gasteiger partial charge in [-0.05, 0) is 35.2 Å². The molecule has 0 aromatic heterocycles. The van der Waals surface area contributed by atoms with Crippen LogP contribution in [0.4, 0.5) is 4.79 Å². The fraction of sp³-hybridized carbons (Fsp3) is 0.316. The lowest BCUT2D eigenvalue weighted by Gasteiger charge is -2.28. The van der Waals surface area contributed by atoms with Gasteiger partial charge in [0.15, 0.2) is 11.5 Å². The largest absolute Gasteiger partial charge is 0.493 e. The van der Waals surface area contributed by atoms with Gasteiger partial charge in [0.25, 0.3) is 0 Å².